The number of nitrogens with zero attached hydrogens (tertiary/aromatic N) is 3. The van der Waals surface area contributed by atoms with E-state index in [4.69, 9.17) is 14.0 Å². The minimum atomic E-state index is -0.0285. The van der Waals surface area contributed by atoms with Gasteiger partial charge in [0.1, 0.15) is 0 Å². The molecule has 0 aliphatic carbocycles. The highest BCUT2D eigenvalue weighted by atomic mass is 32.2. The summed E-state index contributed by atoms with van der Waals surface area (Å²) in [5.74, 6) is 2.20. The maximum atomic E-state index is 12.8. The van der Waals surface area contributed by atoms with Gasteiger partial charge in [-0.3, -0.25) is 4.79 Å². The molecule has 8 heteroatoms. The molecule has 0 radical (unpaired) electrons. The number of benzene rings is 3. The van der Waals surface area contributed by atoms with E-state index in [1.54, 1.807) is 23.7 Å². The lowest BCUT2D eigenvalue weighted by Crippen LogP contribution is -2.25. The van der Waals surface area contributed by atoms with Crippen LogP contribution in [0.3, 0.4) is 0 Å². The van der Waals surface area contributed by atoms with Crippen LogP contribution in [0.1, 0.15) is 10.4 Å². The van der Waals surface area contributed by atoms with Crippen LogP contribution in [0.15, 0.2) is 75.0 Å². The Kier molecular flexibility index (Phi) is 4.00. The maximum Gasteiger partial charge on any atom is 0.259 e. The minimum absolute atomic E-state index is 0.0285. The average molecular weight is 429 g/mol. The van der Waals surface area contributed by atoms with E-state index in [0.717, 1.165) is 26.6 Å². The lowest BCUT2D eigenvalue weighted by atomic mass is 10.1. The molecule has 0 atom stereocenters. The Bertz CT molecular complexity index is 1350. The highest BCUT2D eigenvalue weighted by molar-refractivity contribution is 7.99. The predicted octanol–water partition coefficient (Wildman–Crippen LogP) is 4.87. The Labute approximate surface area is 181 Å². The van der Waals surface area contributed by atoms with Crippen molar-refractivity contribution >= 4 is 23.4 Å². The lowest BCUT2D eigenvalue weighted by molar-refractivity contribution is 0.0990. The van der Waals surface area contributed by atoms with Crippen LogP contribution in [0.25, 0.3) is 22.8 Å². The summed E-state index contributed by atoms with van der Waals surface area (Å²) >= 11 is 1.56. The summed E-state index contributed by atoms with van der Waals surface area (Å²) in [6, 6.07) is 18.9. The Morgan fingerprint density at radius 3 is 2.71 bits per heavy atom. The molecular formula is C23H15N3O4S. The van der Waals surface area contributed by atoms with Crippen molar-refractivity contribution < 1.29 is 18.8 Å². The Balaban J connectivity index is 1.38. The maximum absolute atomic E-state index is 12.8. The molecule has 4 aromatic rings. The highest BCUT2D eigenvalue weighted by Crippen LogP contribution is 2.42. The zero-order valence-corrected chi connectivity index (χ0v) is 17.2. The van der Waals surface area contributed by atoms with Crippen molar-refractivity contribution in [3.05, 3.63) is 66.2 Å². The number of rotatable bonds is 2. The second-order valence-electron chi connectivity index (χ2n) is 7.14. The van der Waals surface area contributed by atoms with Crippen molar-refractivity contribution in [2.75, 3.05) is 18.7 Å². The normalized spacial score (nSPS) is 14.2. The van der Waals surface area contributed by atoms with Gasteiger partial charge in [-0.05, 0) is 48.5 Å². The average Bonchev–Trinajstić information content (AvgIpc) is 3.46. The quantitative estimate of drug-likeness (QED) is 0.450. The van der Waals surface area contributed by atoms with Crippen molar-refractivity contribution in [2.45, 2.75) is 9.79 Å². The van der Waals surface area contributed by atoms with E-state index < -0.39 is 0 Å². The fourth-order valence-corrected chi connectivity index (χ4v) is 4.78. The molecule has 152 valence electrons. The van der Waals surface area contributed by atoms with Crippen molar-refractivity contribution in [3.63, 3.8) is 0 Å². The SMILES string of the molecule is CN1C(=O)c2ccccc2Sc2cc(-c3noc(-c4ccc5c(c4)OCO5)n3)ccc21. The molecule has 0 saturated heterocycles. The zero-order valence-electron chi connectivity index (χ0n) is 16.4. The van der Waals surface area contributed by atoms with Crippen LogP contribution in [-0.4, -0.2) is 29.9 Å². The van der Waals surface area contributed by atoms with E-state index in [1.807, 2.05) is 60.7 Å². The van der Waals surface area contributed by atoms with E-state index in [0.29, 0.717) is 28.8 Å². The van der Waals surface area contributed by atoms with Crippen molar-refractivity contribution in [2.24, 2.45) is 0 Å². The van der Waals surface area contributed by atoms with Gasteiger partial charge < -0.3 is 18.9 Å². The highest BCUT2D eigenvalue weighted by Gasteiger charge is 2.25. The summed E-state index contributed by atoms with van der Waals surface area (Å²) in [6.07, 6.45) is 0. The van der Waals surface area contributed by atoms with E-state index in [2.05, 4.69) is 10.1 Å². The molecule has 0 spiro atoms. The van der Waals surface area contributed by atoms with E-state index in [1.165, 1.54) is 0 Å². The molecule has 3 heterocycles. The molecule has 2 aliphatic rings. The van der Waals surface area contributed by atoms with Crippen LogP contribution in [0.4, 0.5) is 5.69 Å². The van der Waals surface area contributed by atoms with Gasteiger partial charge in [0.15, 0.2) is 11.5 Å². The van der Waals surface area contributed by atoms with Crippen LogP contribution in [0.2, 0.25) is 0 Å². The zero-order chi connectivity index (χ0) is 20.9. The molecule has 7 nitrogen and oxygen atoms in total. The van der Waals surface area contributed by atoms with Gasteiger partial charge in [-0.25, -0.2) is 0 Å². The number of anilines is 1. The van der Waals surface area contributed by atoms with E-state index >= 15 is 0 Å². The topological polar surface area (TPSA) is 77.7 Å². The molecule has 1 aromatic heterocycles. The van der Waals surface area contributed by atoms with Gasteiger partial charge in [0.25, 0.3) is 11.8 Å². The van der Waals surface area contributed by atoms with E-state index in [9.17, 15) is 4.79 Å². The molecule has 1 amide bonds. The summed E-state index contributed by atoms with van der Waals surface area (Å²) < 4.78 is 16.3. The summed E-state index contributed by atoms with van der Waals surface area (Å²) in [6.45, 7) is 0.209. The first kappa shape index (κ1) is 18.0. The number of carbonyl (C=O) groups is 1. The van der Waals surface area contributed by atoms with Crippen molar-refractivity contribution in [3.8, 4) is 34.3 Å². The lowest BCUT2D eigenvalue weighted by Gasteiger charge is -2.17. The van der Waals surface area contributed by atoms with Gasteiger partial charge in [-0.2, -0.15) is 4.98 Å². The summed E-state index contributed by atoms with van der Waals surface area (Å²) in [7, 11) is 1.79. The Morgan fingerprint density at radius 1 is 0.935 bits per heavy atom. The predicted molar refractivity (Wildman–Crippen MR) is 115 cm³/mol. The number of amides is 1. The smallest absolute Gasteiger partial charge is 0.259 e. The summed E-state index contributed by atoms with van der Waals surface area (Å²) in [5, 5.41) is 4.16. The standard InChI is InChI=1S/C23H15N3O4S/c1-26-16-8-6-13(11-20(16)31-19-5-3-2-4-15(19)23(26)27)21-24-22(30-25-21)14-7-9-17-18(10-14)29-12-28-17/h2-11H,12H2,1H3. The molecule has 0 saturated carbocycles. The third-order valence-corrected chi connectivity index (χ3v) is 6.39. The first-order chi connectivity index (χ1) is 15.2. The van der Waals surface area contributed by atoms with Crippen molar-refractivity contribution in [1.82, 2.24) is 10.1 Å². The first-order valence-electron chi connectivity index (χ1n) is 9.60. The van der Waals surface area contributed by atoms with Gasteiger partial charge in [-0.15, -0.1) is 0 Å². The number of aromatic nitrogens is 2. The van der Waals surface area contributed by atoms with Crippen LogP contribution < -0.4 is 14.4 Å². The fourth-order valence-electron chi connectivity index (χ4n) is 3.64. The number of ether oxygens (including phenoxy) is 2. The van der Waals surface area contributed by atoms with Gasteiger partial charge in [0, 0.05) is 28.0 Å². The second kappa shape index (κ2) is 6.88. The molecule has 0 N–H and O–H groups in total. The summed E-state index contributed by atoms with van der Waals surface area (Å²) in [5.41, 5.74) is 3.10. The summed E-state index contributed by atoms with van der Waals surface area (Å²) in [4.78, 5) is 21.0. The third kappa shape index (κ3) is 2.95. The van der Waals surface area contributed by atoms with Gasteiger partial charge in [0.2, 0.25) is 12.6 Å². The van der Waals surface area contributed by atoms with Crippen molar-refractivity contribution in [1.29, 1.82) is 0 Å². The molecule has 31 heavy (non-hydrogen) atoms. The molecule has 2 aliphatic heterocycles. The molecule has 6 rings (SSSR count). The molecular weight excluding hydrogens is 414 g/mol. The molecule has 3 aromatic carbocycles. The van der Waals surface area contributed by atoms with Gasteiger partial charge in [0.05, 0.1) is 11.3 Å². The van der Waals surface area contributed by atoms with Gasteiger partial charge >= 0.3 is 0 Å². The number of hydrogen-bond donors (Lipinski definition) is 0. The Morgan fingerprint density at radius 2 is 1.77 bits per heavy atom. The number of hydrogen-bond acceptors (Lipinski definition) is 7. The van der Waals surface area contributed by atoms with Crippen LogP contribution in [-0.2, 0) is 0 Å². The van der Waals surface area contributed by atoms with E-state index in [-0.39, 0.29) is 12.7 Å². The minimum Gasteiger partial charge on any atom is -0.454 e. The monoisotopic (exact) mass is 429 g/mol. The second-order valence-corrected chi connectivity index (χ2v) is 8.22. The number of carbonyl (C=O) groups excluding carboxylic acids is 1. The van der Waals surface area contributed by atoms with Crippen LogP contribution >= 0.6 is 11.8 Å². The fraction of sp³-hybridized carbons (Fsp3) is 0.0870. The first-order valence-corrected chi connectivity index (χ1v) is 10.4. The van der Waals surface area contributed by atoms with Crippen LogP contribution in [0, 0.1) is 0 Å². The van der Waals surface area contributed by atoms with Crippen LogP contribution in [0.5, 0.6) is 11.5 Å². The Hall–Kier alpha value is -3.78. The largest absolute Gasteiger partial charge is 0.454 e. The molecule has 0 fully saturated rings. The molecule has 0 unspecified atom stereocenters. The van der Waals surface area contributed by atoms with Gasteiger partial charge in [-0.1, -0.05) is 29.1 Å². The molecule has 0 bridgehead atoms. The third-order valence-electron chi connectivity index (χ3n) is 5.27. The number of fused-ring (bicyclic) bond motifs is 3.